The molecule has 3 heterocycles. The van der Waals surface area contributed by atoms with Gasteiger partial charge >= 0.3 is 6.09 Å². The van der Waals surface area contributed by atoms with E-state index < -0.39 is 11.7 Å². The Kier molecular flexibility index (Phi) is 7.87. The maximum Gasteiger partial charge on any atom is 0.408 e. The number of nitrogens with zero attached hydrogens (tertiary/aromatic N) is 2. The van der Waals surface area contributed by atoms with Crippen molar-refractivity contribution < 1.29 is 18.7 Å². The molecule has 3 aromatic heterocycles. The lowest BCUT2D eigenvalue weighted by molar-refractivity contribution is 0.0487. The van der Waals surface area contributed by atoms with Gasteiger partial charge in [-0.2, -0.15) is 5.10 Å². The third-order valence-electron chi connectivity index (χ3n) is 5.98. The van der Waals surface area contributed by atoms with Gasteiger partial charge in [0.15, 0.2) is 0 Å². The molecule has 0 spiro atoms. The quantitative estimate of drug-likeness (QED) is 0.178. The number of alkyl carbamates (subject to hydrolysis) is 1. The van der Waals surface area contributed by atoms with Gasteiger partial charge in [-0.25, -0.2) is 4.79 Å². The second-order valence-corrected chi connectivity index (χ2v) is 11.2. The first-order valence-corrected chi connectivity index (χ1v) is 13.7. The van der Waals surface area contributed by atoms with E-state index in [0.717, 1.165) is 42.6 Å². The summed E-state index contributed by atoms with van der Waals surface area (Å²) in [5, 5.41) is 11.4. The van der Waals surface area contributed by atoms with Crippen LogP contribution in [0.1, 0.15) is 26.3 Å². The number of carbonyl (C=O) groups excluding carboxylic acids is 1. The van der Waals surface area contributed by atoms with Crippen molar-refractivity contribution in [1.29, 1.82) is 0 Å². The summed E-state index contributed by atoms with van der Waals surface area (Å²) in [6.45, 7) is 5.75. The van der Waals surface area contributed by atoms with Crippen molar-refractivity contribution in [2.24, 2.45) is 0 Å². The molecule has 0 saturated heterocycles. The number of carbonyl (C=O) groups is 1. The fourth-order valence-corrected chi connectivity index (χ4v) is 4.81. The van der Waals surface area contributed by atoms with Crippen LogP contribution in [0.2, 0.25) is 0 Å². The van der Waals surface area contributed by atoms with E-state index in [-0.39, 0.29) is 12.6 Å². The van der Waals surface area contributed by atoms with Crippen LogP contribution < -0.4 is 10.1 Å². The SMILES string of the molecule is CC(C)(C)OC(=O)N[C@H](COc1cnc(-c2ccoc2)c(-c2ccc3[nH]nc(I)c3c2)c1)Cc1ccccc1. The fourth-order valence-electron chi connectivity index (χ4n) is 4.24. The van der Waals surface area contributed by atoms with Crippen LogP contribution in [-0.2, 0) is 11.2 Å². The lowest BCUT2D eigenvalue weighted by Crippen LogP contribution is -2.43. The third kappa shape index (κ3) is 6.78. The molecule has 5 rings (SSSR count). The molecule has 2 N–H and O–H groups in total. The van der Waals surface area contributed by atoms with Gasteiger partial charge in [0, 0.05) is 16.5 Å². The molecule has 39 heavy (non-hydrogen) atoms. The molecular weight excluding hydrogens is 607 g/mol. The van der Waals surface area contributed by atoms with Crippen LogP contribution >= 0.6 is 22.6 Å². The highest BCUT2D eigenvalue weighted by Gasteiger charge is 2.21. The van der Waals surface area contributed by atoms with Crippen LogP contribution in [0.15, 0.2) is 83.8 Å². The van der Waals surface area contributed by atoms with E-state index in [4.69, 9.17) is 18.9 Å². The molecule has 9 heteroatoms. The minimum Gasteiger partial charge on any atom is -0.490 e. The average Bonchev–Trinajstić information content (AvgIpc) is 3.57. The van der Waals surface area contributed by atoms with Crippen LogP contribution in [0.5, 0.6) is 5.75 Å². The molecule has 1 atom stereocenters. The molecule has 0 fully saturated rings. The Morgan fingerprint density at radius 1 is 1.10 bits per heavy atom. The van der Waals surface area contributed by atoms with Gasteiger partial charge in [-0.15, -0.1) is 0 Å². The minimum absolute atomic E-state index is 0.235. The number of nitrogens with one attached hydrogen (secondary N) is 2. The van der Waals surface area contributed by atoms with Crippen LogP contribution in [-0.4, -0.2) is 39.5 Å². The number of aromatic nitrogens is 3. The Bertz CT molecular complexity index is 1560. The molecule has 200 valence electrons. The summed E-state index contributed by atoms with van der Waals surface area (Å²) in [7, 11) is 0. The molecule has 0 unspecified atom stereocenters. The number of ether oxygens (including phenoxy) is 2. The largest absolute Gasteiger partial charge is 0.490 e. The standard InChI is InChI=1S/C30H29IN4O4/c1-30(2,3)39-29(36)33-22(13-19-7-5-4-6-8-19)18-38-23-15-24(27(32-16-23)21-11-12-37-17-21)20-9-10-26-25(14-20)28(31)35-34-26/h4-12,14-17,22H,13,18H2,1-3H3,(H,33,36)(H,34,35)/t22-/m0/s1. The highest BCUT2D eigenvalue weighted by atomic mass is 127. The highest BCUT2D eigenvalue weighted by Crippen LogP contribution is 2.35. The summed E-state index contributed by atoms with van der Waals surface area (Å²) in [4.78, 5) is 17.3. The number of halogens is 1. The molecular formula is C30H29IN4O4. The monoisotopic (exact) mass is 636 g/mol. The summed E-state index contributed by atoms with van der Waals surface area (Å²) in [6, 6.07) is 19.6. The second-order valence-electron chi connectivity index (χ2n) is 10.2. The Labute approximate surface area is 240 Å². The Hall–Kier alpha value is -3.86. The molecule has 0 aliphatic carbocycles. The predicted molar refractivity (Wildman–Crippen MR) is 159 cm³/mol. The zero-order chi connectivity index (χ0) is 27.4. The maximum absolute atomic E-state index is 12.6. The highest BCUT2D eigenvalue weighted by molar-refractivity contribution is 14.1. The maximum atomic E-state index is 12.6. The summed E-state index contributed by atoms with van der Waals surface area (Å²) < 4.78 is 18.0. The number of hydrogen-bond donors (Lipinski definition) is 2. The van der Waals surface area contributed by atoms with Gasteiger partial charge in [0.1, 0.15) is 21.7 Å². The van der Waals surface area contributed by atoms with Crippen molar-refractivity contribution in [2.75, 3.05) is 6.61 Å². The van der Waals surface area contributed by atoms with Gasteiger partial charge in [-0.1, -0.05) is 36.4 Å². The number of rotatable bonds is 8. The molecule has 2 aromatic carbocycles. The van der Waals surface area contributed by atoms with Gasteiger partial charge in [-0.3, -0.25) is 10.1 Å². The van der Waals surface area contributed by atoms with Crippen molar-refractivity contribution in [3.63, 3.8) is 0 Å². The normalized spacial score (nSPS) is 12.3. The molecule has 8 nitrogen and oxygen atoms in total. The number of benzene rings is 2. The molecule has 1 amide bonds. The zero-order valence-electron chi connectivity index (χ0n) is 21.9. The van der Waals surface area contributed by atoms with E-state index in [9.17, 15) is 4.79 Å². The van der Waals surface area contributed by atoms with Crippen LogP contribution in [0.4, 0.5) is 4.79 Å². The van der Waals surface area contributed by atoms with E-state index in [1.54, 1.807) is 18.7 Å². The second kappa shape index (κ2) is 11.5. The average molecular weight is 636 g/mol. The molecule has 0 radical (unpaired) electrons. The summed E-state index contributed by atoms with van der Waals surface area (Å²) in [6.07, 6.45) is 5.10. The van der Waals surface area contributed by atoms with E-state index >= 15 is 0 Å². The minimum atomic E-state index is -0.599. The van der Waals surface area contributed by atoms with Gasteiger partial charge < -0.3 is 19.2 Å². The van der Waals surface area contributed by atoms with Crippen molar-refractivity contribution in [3.05, 3.63) is 88.7 Å². The molecule has 5 aromatic rings. The summed E-state index contributed by atoms with van der Waals surface area (Å²) >= 11 is 2.22. The number of aromatic amines is 1. The van der Waals surface area contributed by atoms with Gasteiger partial charge in [-0.05, 0) is 85.2 Å². The number of amides is 1. The first-order valence-electron chi connectivity index (χ1n) is 12.6. The topological polar surface area (TPSA) is 102 Å². The first-order chi connectivity index (χ1) is 18.7. The number of hydrogen-bond acceptors (Lipinski definition) is 6. The van der Waals surface area contributed by atoms with Crippen LogP contribution in [0, 0.1) is 3.70 Å². The molecule has 0 bridgehead atoms. The Morgan fingerprint density at radius 3 is 2.67 bits per heavy atom. The fraction of sp³-hybridized carbons (Fsp3) is 0.233. The number of H-pyrrole nitrogens is 1. The smallest absolute Gasteiger partial charge is 0.408 e. The lowest BCUT2D eigenvalue weighted by Gasteiger charge is -2.24. The van der Waals surface area contributed by atoms with E-state index in [0.29, 0.717) is 12.2 Å². The van der Waals surface area contributed by atoms with Gasteiger partial charge in [0.2, 0.25) is 0 Å². The van der Waals surface area contributed by atoms with Gasteiger partial charge in [0.05, 0.1) is 36.0 Å². The van der Waals surface area contributed by atoms with Crippen molar-refractivity contribution in [2.45, 2.75) is 38.8 Å². The van der Waals surface area contributed by atoms with Crippen LogP contribution in [0.3, 0.4) is 0 Å². The van der Waals surface area contributed by atoms with E-state index in [1.165, 1.54) is 0 Å². The van der Waals surface area contributed by atoms with Crippen molar-refractivity contribution in [1.82, 2.24) is 20.5 Å². The lowest BCUT2D eigenvalue weighted by atomic mass is 9.99. The van der Waals surface area contributed by atoms with Crippen molar-refractivity contribution in [3.8, 4) is 28.1 Å². The summed E-state index contributed by atoms with van der Waals surface area (Å²) in [5.41, 5.74) is 4.97. The third-order valence-corrected chi connectivity index (χ3v) is 6.80. The predicted octanol–water partition coefficient (Wildman–Crippen LogP) is 7.00. The summed E-state index contributed by atoms with van der Waals surface area (Å²) in [5.74, 6) is 0.586. The van der Waals surface area contributed by atoms with E-state index in [1.807, 2.05) is 75.4 Å². The molecule has 0 aliphatic heterocycles. The molecule has 0 saturated carbocycles. The van der Waals surface area contributed by atoms with Gasteiger partial charge in [0.25, 0.3) is 0 Å². The molecule has 0 aliphatic rings. The number of pyridine rings is 1. The number of furan rings is 1. The Morgan fingerprint density at radius 2 is 1.92 bits per heavy atom. The number of fused-ring (bicyclic) bond motifs is 1. The first kappa shape index (κ1) is 26.7. The van der Waals surface area contributed by atoms with Crippen molar-refractivity contribution >= 4 is 39.6 Å². The van der Waals surface area contributed by atoms with E-state index in [2.05, 4.69) is 44.2 Å². The zero-order valence-corrected chi connectivity index (χ0v) is 24.1. The van der Waals surface area contributed by atoms with Crippen LogP contribution in [0.25, 0.3) is 33.3 Å². The Balaban J connectivity index is 1.42.